The Labute approximate surface area is 117 Å². The lowest BCUT2D eigenvalue weighted by atomic mass is 10.2. The van der Waals surface area contributed by atoms with Gasteiger partial charge in [-0.05, 0) is 18.2 Å². The summed E-state index contributed by atoms with van der Waals surface area (Å²) in [6.07, 6.45) is 2.43. The van der Waals surface area contributed by atoms with E-state index in [-0.39, 0.29) is 22.2 Å². The molecule has 0 saturated heterocycles. The molecule has 8 heteroatoms. The molecule has 7 nitrogen and oxygen atoms in total. The summed E-state index contributed by atoms with van der Waals surface area (Å²) in [6.45, 7) is 0. The minimum absolute atomic E-state index is 0.0589. The molecule has 0 radical (unpaired) electrons. The van der Waals surface area contributed by atoms with Gasteiger partial charge in [0.05, 0.1) is 5.56 Å². The van der Waals surface area contributed by atoms with Crippen molar-refractivity contribution in [3.8, 4) is 5.75 Å². The van der Waals surface area contributed by atoms with Gasteiger partial charge in [0.15, 0.2) is 11.5 Å². The number of aromatic nitrogens is 2. The average Bonchev–Trinajstić information content (AvgIpc) is 2.38. The average molecular weight is 294 g/mol. The molecule has 3 N–H and O–H groups in total. The number of rotatable bonds is 3. The topological polar surface area (TPSA) is 112 Å². The van der Waals surface area contributed by atoms with Gasteiger partial charge in [0.2, 0.25) is 0 Å². The fourth-order valence-corrected chi connectivity index (χ4v) is 1.62. The van der Waals surface area contributed by atoms with E-state index in [9.17, 15) is 14.7 Å². The number of phenols is 1. The zero-order valence-corrected chi connectivity index (χ0v) is 10.6. The number of carboxylic acids is 1. The summed E-state index contributed by atoms with van der Waals surface area (Å²) >= 11 is 5.66. The Balaban J connectivity index is 2.30. The molecule has 1 aromatic heterocycles. The number of anilines is 1. The summed E-state index contributed by atoms with van der Waals surface area (Å²) in [5.74, 6) is -2.58. The molecule has 0 aliphatic rings. The van der Waals surface area contributed by atoms with E-state index in [0.717, 1.165) is 0 Å². The van der Waals surface area contributed by atoms with Crippen molar-refractivity contribution >= 4 is 29.3 Å². The first-order chi connectivity index (χ1) is 9.49. The maximum absolute atomic E-state index is 11.9. The second kappa shape index (κ2) is 5.54. The third kappa shape index (κ3) is 2.83. The number of aromatic carboxylic acids is 1. The Kier molecular flexibility index (Phi) is 3.81. The third-order valence-corrected chi connectivity index (χ3v) is 2.57. The van der Waals surface area contributed by atoms with Gasteiger partial charge < -0.3 is 15.5 Å². The molecule has 0 fully saturated rings. The maximum Gasteiger partial charge on any atom is 0.358 e. The van der Waals surface area contributed by atoms with Gasteiger partial charge in [0.25, 0.3) is 5.91 Å². The van der Waals surface area contributed by atoms with Crippen LogP contribution in [0.3, 0.4) is 0 Å². The molecule has 1 amide bonds. The van der Waals surface area contributed by atoms with E-state index in [1.807, 2.05) is 0 Å². The molecule has 2 rings (SSSR count). The van der Waals surface area contributed by atoms with Crippen LogP contribution < -0.4 is 5.32 Å². The first-order valence-corrected chi connectivity index (χ1v) is 5.71. The lowest BCUT2D eigenvalue weighted by Gasteiger charge is -2.07. The Morgan fingerprint density at radius 3 is 2.55 bits per heavy atom. The number of amides is 1. The van der Waals surface area contributed by atoms with E-state index >= 15 is 0 Å². The zero-order chi connectivity index (χ0) is 14.7. The number of hydrogen-bond donors (Lipinski definition) is 3. The number of benzene rings is 1. The van der Waals surface area contributed by atoms with E-state index in [2.05, 4.69) is 15.3 Å². The second-order valence-corrected chi connectivity index (χ2v) is 4.11. The first-order valence-electron chi connectivity index (χ1n) is 5.33. The summed E-state index contributed by atoms with van der Waals surface area (Å²) in [4.78, 5) is 30.2. The van der Waals surface area contributed by atoms with Crippen LogP contribution in [-0.4, -0.2) is 32.1 Å². The van der Waals surface area contributed by atoms with Crippen LogP contribution in [0.25, 0.3) is 0 Å². The molecule has 0 spiro atoms. The van der Waals surface area contributed by atoms with Crippen LogP contribution in [0.4, 0.5) is 5.82 Å². The van der Waals surface area contributed by atoms with E-state index in [0.29, 0.717) is 0 Å². The van der Waals surface area contributed by atoms with E-state index in [4.69, 9.17) is 16.7 Å². The van der Waals surface area contributed by atoms with Gasteiger partial charge in [-0.25, -0.2) is 14.8 Å². The summed E-state index contributed by atoms with van der Waals surface area (Å²) < 4.78 is 0. The van der Waals surface area contributed by atoms with Crippen molar-refractivity contribution in [2.24, 2.45) is 0 Å². The predicted molar refractivity (Wildman–Crippen MR) is 70.1 cm³/mol. The van der Waals surface area contributed by atoms with Gasteiger partial charge in [0.1, 0.15) is 5.75 Å². The summed E-state index contributed by atoms with van der Waals surface area (Å²) in [6, 6.07) is 3.93. The lowest BCUT2D eigenvalue weighted by molar-refractivity contribution is 0.0691. The molecule has 1 heterocycles. The normalized spacial score (nSPS) is 10.1. The van der Waals surface area contributed by atoms with Crippen molar-refractivity contribution in [3.05, 3.63) is 46.9 Å². The highest BCUT2D eigenvalue weighted by molar-refractivity contribution is 6.31. The number of nitrogens with zero attached hydrogens (tertiary/aromatic N) is 2. The SMILES string of the molecule is O=C(Nc1nccnc1C(=O)O)c1ccc(Cl)cc1O. The lowest BCUT2D eigenvalue weighted by Crippen LogP contribution is -2.17. The van der Waals surface area contributed by atoms with Gasteiger partial charge in [-0.2, -0.15) is 0 Å². The van der Waals surface area contributed by atoms with Crippen LogP contribution in [-0.2, 0) is 0 Å². The minimum atomic E-state index is -1.33. The Morgan fingerprint density at radius 2 is 1.90 bits per heavy atom. The predicted octanol–water partition coefficient (Wildman–Crippen LogP) is 1.79. The molecule has 20 heavy (non-hydrogen) atoms. The first kappa shape index (κ1) is 13.8. The highest BCUT2D eigenvalue weighted by atomic mass is 35.5. The zero-order valence-electron chi connectivity index (χ0n) is 9.87. The fraction of sp³-hybridized carbons (Fsp3) is 0. The quantitative estimate of drug-likeness (QED) is 0.795. The van der Waals surface area contributed by atoms with E-state index < -0.39 is 17.6 Å². The van der Waals surface area contributed by atoms with Gasteiger partial charge in [-0.3, -0.25) is 4.79 Å². The molecule has 0 atom stereocenters. The van der Waals surface area contributed by atoms with Crippen molar-refractivity contribution in [2.75, 3.05) is 5.32 Å². The van der Waals surface area contributed by atoms with Gasteiger partial charge in [-0.15, -0.1) is 0 Å². The third-order valence-electron chi connectivity index (χ3n) is 2.34. The number of halogens is 1. The monoisotopic (exact) mass is 293 g/mol. The highest BCUT2D eigenvalue weighted by Crippen LogP contribution is 2.23. The minimum Gasteiger partial charge on any atom is -0.507 e. The van der Waals surface area contributed by atoms with Crippen LogP contribution in [0.2, 0.25) is 5.02 Å². The number of hydrogen-bond acceptors (Lipinski definition) is 5. The number of carbonyl (C=O) groups excluding carboxylic acids is 1. The smallest absolute Gasteiger partial charge is 0.358 e. The largest absolute Gasteiger partial charge is 0.507 e. The van der Waals surface area contributed by atoms with Crippen LogP contribution in [0.1, 0.15) is 20.8 Å². The number of nitrogens with one attached hydrogen (secondary N) is 1. The molecule has 102 valence electrons. The Hall–Kier alpha value is -2.67. The second-order valence-electron chi connectivity index (χ2n) is 3.67. The van der Waals surface area contributed by atoms with E-state index in [1.165, 1.54) is 30.6 Å². The van der Waals surface area contributed by atoms with Crippen molar-refractivity contribution in [2.45, 2.75) is 0 Å². The molecule has 0 unspecified atom stereocenters. The molecule has 2 aromatic rings. The Bertz CT molecular complexity index is 690. The summed E-state index contributed by atoms with van der Waals surface area (Å²) in [7, 11) is 0. The fourth-order valence-electron chi connectivity index (χ4n) is 1.46. The van der Waals surface area contributed by atoms with Gasteiger partial charge in [0, 0.05) is 17.4 Å². The van der Waals surface area contributed by atoms with Crippen LogP contribution >= 0.6 is 11.6 Å². The van der Waals surface area contributed by atoms with Crippen molar-refractivity contribution < 1.29 is 19.8 Å². The Morgan fingerprint density at radius 1 is 1.20 bits per heavy atom. The van der Waals surface area contributed by atoms with Crippen molar-refractivity contribution in [1.82, 2.24) is 9.97 Å². The van der Waals surface area contributed by atoms with E-state index in [1.54, 1.807) is 0 Å². The molecule has 0 saturated carbocycles. The molecular weight excluding hydrogens is 286 g/mol. The number of aromatic hydroxyl groups is 1. The molecule has 1 aromatic carbocycles. The number of phenolic OH excluding ortho intramolecular Hbond substituents is 1. The summed E-state index contributed by atoms with van der Waals surface area (Å²) in [5, 5.41) is 21.1. The molecule has 0 aliphatic heterocycles. The van der Waals surface area contributed by atoms with Crippen LogP contribution in [0, 0.1) is 0 Å². The van der Waals surface area contributed by atoms with Crippen molar-refractivity contribution in [1.29, 1.82) is 0 Å². The van der Waals surface area contributed by atoms with Gasteiger partial charge >= 0.3 is 5.97 Å². The van der Waals surface area contributed by atoms with Gasteiger partial charge in [-0.1, -0.05) is 11.6 Å². The number of carboxylic acid groups (broad SMARTS) is 1. The molecule has 0 bridgehead atoms. The maximum atomic E-state index is 11.9. The molecular formula is C12H8ClN3O4. The number of carbonyl (C=O) groups is 2. The van der Waals surface area contributed by atoms with Crippen molar-refractivity contribution in [3.63, 3.8) is 0 Å². The van der Waals surface area contributed by atoms with Crippen LogP contribution in [0.15, 0.2) is 30.6 Å². The highest BCUT2D eigenvalue weighted by Gasteiger charge is 2.17. The standard InChI is InChI=1S/C12H8ClN3O4/c13-6-1-2-7(8(17)5-6)11(18)16-10-9(12(19)20)14-3-4-15-10/h1-5,17H,(H,19,20)(H,15,16,18). The summed E-state index contributed by atoms with van der Waals surface area (Å²) in [5.41, 5.74) is -0.453. The molecule has 0 aliphatic carbocycles. The van der Waals surface area contributed by atoms with Crippen LogP contribution in [0.5, 0.6) is 5.75 Å².